The molecule has 0 fully saturated rings. The van der Waals surface area contributed by atoms with E-state index in [4.69, 9.17) is 0 Å². The maximum Gasteiger partial charge on any atom is 0.190 e. The van der Waals surface area contributed by atoms with E-state index in [1.165, 1.54) is 6.08 Å². The Morgan fingerprint density at radius 2 is 1.00 bits per heavy atom. The van der Waals surface area contributed by atoms with E-state index in [1.807, 2.05) is 91.0 Å². The van der Waals surface area contributed by atoms with E-state index >= 15 is 22.0 Å². The summed E-state index contributed by atoms with van der Waals surface area (Å²) < 4.78 is 80.4. The lowest BCUT2D eigenvalue weighted by molar-refractivity contribution is 0.393. The van der Waals surface area contributed by atoms with Crippen LogP contribution in [0.2, 0.25) is 0 Å². The summed E-state index contributed by atoms with van der Waals surface area (Å²) in [4.78, 5) is 12.2. The van der Waals surface area contributed by atoms with Crippen molar-refractivity contribution in [1.82, 2.24) is 19.7 Å². The van der Waals surface area contributed by atoms with E-state index in [0.29, 0.717) is 33.4 Å². The van der Waals surface area contributed by atoms with Crippen molar-refractivity contribution in [2.24, 2.45) is 0 Å². The van der Waals surface area contributed by atoms with Gasteiger partial charge in [-0.1, -0.05) is 126 Å². The second kappa shape index (κ2) is 12.7. The highest BCUT2D eigenvalue weighted by Crippen LogP contribution is 2.47. The van der Waals surface area contributed by atoms with Crippen LogP contribution in [0.4, 0.5) is 22.0 Å². The van der Waals surface area contributed by atoms with E-state index in [2.05, 4.69) is 15.0 Å². The summed E-state index contributed by atoms with van der Waals surface area (Å²) in [5.74, 6) is -6.37. The highest BCUT2D eigenvalue weighted by Gasteiger charge is 2.32. The molecule has 4 aromatic carbocycles. The van der Waals surface area contributed by atoms with Crippen molar-refractivity contribution in [3.05, 3.63) is 179 Å². The number of hydrogen-bond donors (Lipinski definition) is 1. The van der Waals surface area contributed by atoms with Gasteiger partial charge in [0, 0.05) is 27.8 Å². The van der Waals surface area contributed by atoms with Crippen molar-refractivity contribution < 1.29 is 22.0 Å². The molecule has 2 aliphatic rings. The number of nitrogens with zero attached hydrogens (tertiary/aromatic N) is 3. The minimum Gasteiger partial charge on any atom is -0.354 e. The molecule has 0 saturated carbocycles. The standard InChI is InChI=1S/C44H25F5N4/c45-37-32-24-30-22-21-29(50-30)23-31-33(25-13-5-1-6-14-25)34(26-15-7-2-8-16-26)41(51-31)36(28-19-11-4-12-20-28)42-35(27-17-9-3-10-18-27)38(46)43(52-42)40(48)44(39(37)47)53(32)49/h1-24,51H. The van der Waals surface area contributed by atoms with E-state index < -0.39 is 44.8 Å². The molecule has 3 aromatic heterocycles. The van der Waals surface area contributed by atoms with Crippen LogP contribution in [0.3, 0.4) is 0 Å². The van der Waals surface area contributed by atoms with E-state index in [0.717, 1.165) is 28.3 Å². The molecule has 2 aliphatic heterocycles. The third-order valence-corrected chi connectivity index (χ3v) is 9.36. The summed E-state index contributed by atoms with van der Waals surface area (Å²) in [7, 11) is 0. The first kappa shape index (κ1) is 32.1. The molecule has 53 heavy (non-hydrogen) atoms. The Kier molecular flexibility index (Phi) is 7.69. The molecular weight excluding hydrogens is 680 g/mol. The summed E-state index contributed by atoms with van der Waals surface area (Å²) >= 11 is 0. The van der Waals surface area contributed by atoms with E-state index in [9.17, 15) is 0 Å². The van der Waals surface area contributed by atoms with Crippen LogP contribution in [0.1, 0.15) is 28.3 Å². The highest BCUT2D eigenvalue weighted by molar-refractivity contribution is 6.11. The van der Waals surface area contributed by atoms with Gasteiger partial charge in [0.1, 0.15) is 11.2 Å². The smallest absolute Gasteiger partial charge is 0.190 e. The van der Waals surface area contributed by atoms with Gasteiger partial charge in [0.25, 0.3) is 0 Å². The zero-order valence-corrected chi connectivity index (χ0v) is 27.6. The molecule has 0 aliphatic carbocycles. The molecule has 0 saturated heterocycles. The first-order chi connectivity index (χ1) is 25.9. The van der Waals surface area contributed by atoms with Gasteiger partial charge in [0.05, 0.1) is 22.6 Å². The van der Waals surface area contributed by atoms with E-state index in [-0.39, 0.29) is 17.0 Å². The van der Waals surface area contributed by atoms with Crippen molar-refractivity contribution >= 4 is 45.6 Å². The van der Waals surface area contributed by atoms with Crippen LogP contribution in [0.15, 0.2) is 133 Å². The van der Waals surface area contributed by atoms with Gasteiger partial charge in [-0.3, -0.25) is 0 Å². The van der Waals surface area contributed by atoms with Gasteiger partial charge in [-0.15, -0.1) is 0 Å². The average Bonchev–Trinajstić information content (AvgIpc) is 3.94. The maximum absolute atomic E-state index is 17.1. The molecule has 0 spiro atoms. The number of aromatic amines is 1. The minimum absolute atomic E-state index is 0.0000830. The molecule has 0 amide bonds. The SMILES string of the molecule is FC1=C(c2ccccc2)c2nc1c(F)c1c(F)c(F)c(cc3nc(cc4[nH]c(c2-c2ccccc2)c(-c2ccccc2)c4-c2ccccc2)C=C3)n1F. The summed E-state index contributed by atoms with van der Waals surface area (Å²) in [6, 6.07) is 39.6. The van der Waals surface area contributed by atoms with Crippen molar-refractivity contribution in [2.45, 2.75) is 0 Å². The molecular formula is C44H25F5N4. The Hall–Kier alpha value is -6.87. The second-order valence-corrected chi connectivity index (χ2v) is 12.5. The van der Waals surface area contributed by atoms with Gasteiger partial charge >= 0.3 is 0 Å². The van der Waals surface area contributed by atoms with Gasteiger partial charge in [-0.05, 0) is 46.5 Å². The Balaban J connectivity index is 1.60. The van der Waals surface area contributed by atoms with Crippen molar-refractivity contribution in [3.63, 3.8) is 0 Å². The summed E-state index contributed by atoms with van der Waals surface area (Å²) in [5, 5.41) is 0. The number of halogens is 5. The van der Waals surface area contributed by atoms with Crippen LogP contribution < -0.4 is 0 Å². The topological polar surface area (TPSA) is 46.5 Å². The van der Waals surface area contributed by atoms with Gasteiger partial charge in [0.15, 0.2) is 28.8 Å². The quantitative estimate of drug-likeness (QED) is 0.185. The summed E-state index contributed by atoms with van der Waals surface area (Å²) in [5.41, 5.74) is 2.75. The van der Waals surface area contributed by atoms with Crippen LogP contribution in [0, 0.1) is 17.5 Å². The third kappa shape index (κ3) is 5.28. The normalized spacial score (nSPS) is 12.5. The lowest BCUT2D eigenvalue weighted by Gasteiger charge is -2.12. The molecule has 0 radical (unpaired) electrons. The number of hydrogen-bond acceptors (Lipinski definition) is 2. The number of rotatable bonds is 4. The van der Waals surface area contributed by atoms with Crippen molar-refractivity contribution in [3.8, 4) is 33.4 Å². The molecule has 9 rings (SSSR count). The van der Waals surface area contributed by atoms with Crippen LogP contribution in [-0.4, -0.2) is 19.7 Å². The Bertz CT molecular complexity index is 2810. The number of nitrogens with one attached hydrogen (secondary N) is 1. The highest BCUT2D eigenvalue weighted by atomic mass is 19.2. The fourth-order valence-corrected chi connectivity index (χ4v) is 7.02. The first-order valence-electron chi connectivity index (χ1n) is 16.7. The van der Waals surface area contributed by atoms with Gasteiger partial charge in [0.2, 0.25) is 0 Å². The lowest BCUT2D eigenvalue weighted by Crippen LogP contribution is -1.93. The minimum atomic E-state index is -1.83. The molecule has 4 nitrogen and oxygen atoms in total. The molecule has 5 heterocycles. The fourth-order valence-electron chi connectivity index (χ4n) is 7.02. The molecule has 9 heteroatoms. The second-order valence-electron chi connectivity index (χ2n) is 12.5. The summed E-state index contributed by atoms with van der Waals surface area (Å²) in [6.45, 7) is 0. The Morgan fingerprint density at radius 3 is 1.58 bits per heavy atom. The predicted molar refractivity (Wildman–Crippen MR) is 200 cm³/mol. The molecule has 0 unspecified atom stereocenters. The van der Waals surface area contributed by atoms with Gasteiger partial charge in [-0.25, -0.2) is 27.5 Å². The molecule has 7 aromatic rings. The van der Waals surface area contributed by atoms with Crippen molar-refractivity contribution in [2.75, 3.05) is 0 Å². The maximum atomic E-state index is 17.1. The largest absolute Gasteiger partial charge is 0.354 e. The van der Waals surface area contributed by atoms with Gasteiger partial charge < -0.3 is 4.98 Å². The van der Waals surface area contributed by atoms with Crippen LogP contribution in [0.25, 0.3) is 79.0 Å². The molecule has 0 atom stereocenters. The zero-order valence-electron chi connectivity index (χ0n) is 27.6. The number of fused-ring (bicyclic) bond motifs is 8. The van der Waals surface area contributed by atoms with Gasteiger partial charge in [-0.2, -0.15) is 4.79 Å². The fraction of sp³-hybridized carbons (Fsp3) is 0. The lowest BCUT2D eigenvalue weighted by atomic mass is 9.91. The summed E-state index contributed by atoms with van der Waals surface area (Å²) in [6.07, 6.45) is 3.17. The van der Waals surface area contributed by atoms with Crippen molar-refractivity contribution in [1.29, 1.82) is 0 Å². The zero-order chi connectivity index (χ0) is 36.2. The first-order valence-corrected chi connectivity index (χ1v) is 16.7. The predicted octanol–water partition coefficient (Wildman–Crippen LogP) is 12.0. The number of H-pyrrole nitrogens is 1. The number of aromatic nitrogens is 4. The van der Waals surface area contributed by atoms with Crippen LogP contribution in [-0.2, 0) is 0 Å². The molecule has 1 N–H and O–H groups in total. The Labute approximate surface area is 299 Å². The Morgan fingerprint density at radius 1 is 0.491 bits per heavy atom. The molecule has 256 valence electrons. The molecule has 8 bridgehead atoms. The third-order valence-electron chi connectivity index (χ3n) is 9.36. The monoisotopic (exact) mass is 704 g/mol. The van der Waals surface area contributed by atoms with Crippen LogP contribution >= 0.6 is 0 Å². The average molecular weight is 705 g/mol. The van der Waals surface area contributed by atoms with Crippen LogP contribution in [0.5, 0.6) is 0 Å². The van der Waals surface area contributed by atoms with E-state index in [1.54, 1.807) is 42.5 Å². The number of benzene rings is 4.